The van der Waals surface area contributed by atoms with E-state index in [-0.39, 0.29) is 12.2 Å². The maximum absolute atomic E-state index is 11.8. The quantitative estimate of drug-likeness (QED) is 0.775. The molecule has 0 aliphatic carbocycles. The molecule has 2 heterocycles. The first-order valence-corrected chi connectivity index (χ1v) is 7.33. The van der Waals surface area contributed by atoms with Crippen molar-refractivity contribution in [2.75, 3.05) is 32.7 Å². The smallest absolute Gasteiger partial charge is 0.410 e. The first-order valence-electron chi connectivity index (χ1n) is 7.33. The molecule has 2 fully saturated rings. The summed E-state index contributed by atoms with van der Waals surface area (Å²) < 4.78 is 5.23. The minimum absolute atomic E-state index is 0.0141. The lowest BCUT2D eigenvalue weighted by Crippen LogP contribution is -2.42. The Morgan fingerprint density at radius 3 is 2.33 bits per heavy atom. The van der Waals surface area contributed by atoms with E-state index in [0.717, 1.165) is 31.8 Å². The Bertz CT molecular complexity index is 267. The predicted molar refractivity (Wildman–Crippen MR) is 71.6 cm³/mol. The second-order valence-electron chi connectivity index (χ2n) is 5.87. The van der Waals surface area contributed by atoms with Gasteiger partial charge in [0.15, 0.2) is 0 Å². The summed E-state index contributed by atoms with van der Waals surface area (Å²) in [5.41, 5.74) is 0. The summed E-state index contributed by atoms with van der Waals surface area (Å²) >= 11 is 0. The van der Waals surface area contributed by atoms with Crippen molar-refractivity contribution in [2.24, 2.45) is 5.92 Å². The van der Waals surface area contributed by atoms with Crippen molar-refractivity contribution in [3.05, 3.63) is 0 Å². The van der Waals surface area contributed by atoms with Crippen molar-refractivity contribution < 1.29 is 9.53 Å². The normalized spacial score (nSPS) is 22.7. The number of hydrogen-bond acceptors (Lipinski definition) is 3. The highest BCUT2D eigenvalue weighted by molar-refractivity contribution is 5.67. The van der Waals surface area contributed by atoms with Crippen LogP contribution in [0.3, 0.4) is 0 Å². The van der Waals surface area contributed by atoms with E-state index >= 15 is 0 Å². The highest BCUT2D eigenvalue weighted by Crippen LogP contribution is 2.21. The summed E-state index contributed by atoms with van der Waals surface area (Å²) in [6.45, 7) is 9.31. The lowest BCUT2D eigenvalue weighted by atomic mass is 9.96. The van der Waals surface area contributed by atoms with Crippen molar-refractivity contribution >= 4 is 6.09 Å². The van der Waals surface area contributed by atoms with Crippen molar-refractivity contribution in [1.29, 1.82) is 0 Å². The van der Waals surface area contributed by atoms with Gasteiger partial charge < -0.3 is 14.5 Å². The number of piperidine rings is 1. The molecule has 0 unspecified atom stereocenters. The first kappa shape index (κ1) is 13.7. The van der Waals surface area contributed by atoms with Gasteiger partial charge in [-0.1, -0.05) is 0 Å². The molecule has 0 aromatic carbocycles. The van der Waals surface area contributed by atoms with Crippen LogP contribution in [0.25, 0.3) is 0 Å². The van der Waals surface area contributed by atoms with Crippen LogP contribution in [0.15, 0.2) is 0 Å². The topological polar surface area (TPSA) is 32.8 Å². The molecule has 2 rings (SSSR count). The Morgan fingerprint density at radius 1 is 1.17 bits per heavy atom. The number of carbonyl (C=O) groups is 1. The van der Waals surface area contributed by atoms with Gasteiger partial charge in [0.2, 0.25) is 0 Å². The van der Waals surface area contributed by atoms with Crippen LogP contribution in [-0.2, 0) is 4.74 Å². The van der Waals surface area contributed by atoms with Crippen LogP contribution < -0.4 is 0 Å². The Kier molecular flexibility index (Phi) is 4.87. The third kappa shape index (κ3) is 3.87. The molecule has 4 heteroatoms. The molecule has 4 nitrogen and oxygen atoms in total. The second-order valence-corrected chi connectivity index (χ2v) is 5.87. The molecule has 0 spiro atoms. The van der Waals surface area contributed by atoms with E-state index in [1.165, 1.54) is 32.5 Å². The van der Waals surface area contributed by atoms with Crippen LogP contribution in [0, 0.1) is 5.92 Å². The minimum atomic E-state index is -0.135. The van der Waals surface area contributed by atoms with Crippen LogP contribution in [0.2, 0.25) is 0 Å². The van der Waals surface area contributed by atoms with Crippen molar-refractivity contribution in [3.63, 3.8) is 0 Å². The molecule has 1 amide bonds. The van der Waals surface area contributed by atoms with Gasteiger partial charge in [-0.15, -0.1) is 0 Å². The maximum Gasteiger partial charge on any atom is 0.410 e. The van der Waals surface area contributed by atoms with Gasteiger partial charge in [-0.3, -0.25) is 0 Å². The third-order valence-corrected chi connectivity index (χ3v) is 3.92. The van der Waals surface area contributed by atoms with Gasteiger partial charge in [0, 0.05) is 19.6 Å². The molecule has 18 heavy (non-hydrogen) atoms. The summed E-state index contributed by atoms with van der Waals surface area (Å²) in [6.07, 6.45) is 4.83. The van der Waals surface area contributed by atoms with Crippen molar-refractivity contribution in [2.45, 2.75) is 45.6 Å². The van der Waals surface area contributed by atoms with Gasteiger partial charge in [-0.25, -0.2) is 4.79 Å². The van der Waals surface area contributed by atoms with E-state index in [9.17, 15) is 4.79 Å². The summed E-state index contributed by atoms with van der Waals surface area (Å²) in [7, 11) is 0. The number of nitrogens with zero attached hydrogens (tertiary/aromatic N) is 2. The monoisotopic (exact) mass is 254 g/mol. The van der Waals surface area contributed by atoms with Crippen LogP contribution in [-0.4, -0.2) is 54.7 Å². The number of carbonyl (C=O) groups excluding carboxylic acids is 1. The summed E-state index contributed by atoms with van der Waals surface area (Å²) in [5, 5.41) is 0. The maximum atomic E-state index is 11.8. The summed E-state index contributed by atoms with van der Waals surface area (Å²) in [4.78, 5) is 16.2. The summed E-state index contributed by atoms with van der Waals surface area (Å²) in [6, 6.07) is 0. The van der Waals surface area contributed by atoms with Crippen molar-refractivity contribution in [3.8, 4) is 0 Å². The lowest BCUT2D eigenvalue weighted by molar-refractivity contribution is 0.0626. The van der Waals surface area contributed by atoms with E-state index < -0.39 is 0 Å². The van der Waals surface area contributed by atoms with Crippen LogP contribution in [0.1, 0.15) is 39.5 Å². The van der Waals surface area contributed by atoms with Crippen LogP contribution in [0.5, 0.6) is 0 Å². The zero-order chi connectivity index (χ0) is 13.0. The van der Waals surface area contributed by atoms with E-state index in [4.69, 9.17) is 4.74 Å². The Labute approximate surface area is 110 Å². The highest BCUT2D eigenvalue weighted by atomic mass is 16.6. The number of ether oxygens (including phenoxy) is 1. The van der Waals surface area contributed by atoms with Crippen molar-refractivity contribution in [1.82, 2.24) is 9.80 Å². The molecule has 0 N–H and O–H groups in total. The minimum Gasteiger partial charge on any atom is -0.447 e. The third-order valence-electron chi connectivity index (χ3n) is 3.92. The van der Waals surface area contributed by atoms with E-state index in [1.54, 1.807) is 0 Å². The molecular weight excluding hydrogens is 228 g/mol. The number of amides is 1. The highest BCUT2D eigenvalue weighted by Gasteiger charge is 2.26. The van der Waals surface area contributed by atoms with E-state index in [1.807, 2.05) is 18.7 Å². The van der Waals surface area contributed by atoms with Gasteiger partial charge in [0.1, 0.15) is 0 Å². The molecule has 2 aliphatic heterocycles. The molecule has 0 aromatic heterocycles. The molecule has 2 aliphatic rings. The molecule has 0 saturated carbocycles. The fourth-order valence-electron chi connectivity index (χ4n) is 2.90. The Hall–Kier alpha value is -0.770. The molecular formula is C14H26N2O2. The fourth-order valence-corrected chi connectivity index (χ4v) is 2.90. The van der Waals surface area contributed by atoms with Crippen LogP contribution >= 0.6 is 0 Å². The molecule has 0 aromatic rings. The summed E-state index contributed by atoms with van der Waals surface area (Å²) in [5.74, 6) is 0.770. The van der Waals surface area contributed by atoms with E-state index in [2.05, 4.69) is 4.90 Å². The van der Waals surface area contributed by atoms with Gasteiger partial charge >= 0.3 is 6.09 Å². The molecule has 0 radical (unpaired) electrons. The van der Waals surface area contributed by atoms with Gasteiger partial charge in [0.05, 0.1) is 6.10 Å². The zero-order valence-electron chi connectivity index (χ0n) is 11.7. The SMILES string of the molecule is CC(C)OC(=O)N1CCC(CN2CCCC2)CC1. The molecule has 0 bridgehead atoms. The number of hydrogen-bond donors (Lipinski definition) is 0. The predicted octanol–water partition coefficient (Wildman–Crippen LogP) is 2.34. The number of likely N-dealkylation sites (tertiary alicyclic amines) is 2. The molecule has 104 valence electrons. The second kappa shape index (κ2) is 6.41. The van der Waals surface area contributed by atoms with Crippen LogP contribution in [0.4, 0.5) is 4.79 Å². The van der Waals surface area contributed by atoms with Gasteiger partial charge in [-0.2, -0.15) is 0 Å². The molecule has 2 saturated heterocycles. The fraction of sp³-hybridized carbons (Fsp3) is 0.929. The average molecular weight is 254 g/mol. The zero-order valence-corrected chi connectivity index (χ0v) is 11.7. The Balaban J connectivity index is 1.68. The Morgan fingerprint density at radius 2 is 1.78 bits per heavy atom. The standard InChI is InChI=1S/C14H26N2O2/c1-12(2)18-14(17)16-9-5-13(6-10-16)11-15-7-3-4-8-15/h12-13H,3-11H2,1-2H3. The lowest BCUT2D eigenvalue weighted by Gasteiger charge is -2.33. The number of rotatable bonds is 3. The van der Waals surface area contributed by atoms with E-state index in [0.29, 0.717) is 0 Å². The average Bonchev–Trinajstić information content (AvgIpc) is 2.82. The van der Waals surface area contributed by atoms with Gasteiger partial charge in [-0.05, 0) is 58.5 Å². The van der Waals surface area contributed by atoms with Gasteiger partial charge in [0.25, 0.3) is 0 Å². The largest absolute Gasteiger partial charge is 0.447 e. The molecule has 0 atom stereocenters. The first-order chi connectivity index (χ1) is 8.65.